The Kier molecular flexibility index (Phi) is 5.84. The first-order valence-corrected chi connectivity index (χ1v) is 7.52. The van der Waals surface area contributed by atoms with Gasteiger partial charge < -0.3 is 15.1 Å². The van der Waals surface area contributed by atoms with Crippen molar-refractivity contribution in [2.75, 3.05) is 44.7 Å². The van der Waals surface area contributed by atoms with Crippen LogP contribution in [0.2, 0.25) is 0 Å². The Labute approximate surface area is 137 Å². The van der Waals surface area contributed by atoms with Crippen molar-refractivity contribution >= 4 is 11.6 Å². The van der Waals surface area contributed by atoms with Crippen LogP contribution in [0.1, 0.15) is 6.42 Å². The molecule has 0 unspecified atom stereocenters. The van der Waals surface area contributed by atoms with Crippen LogP contribution >= 0.6 is 0 Å². The highest BCUT2D eigenvalue weighted by Crippen LogP contribution is 2.22. The van der Waals surface area contributed by atoms with E-state index in [9.17, 15) is 22.0 Å². The highest BCUT2D eigenvalue weighted by Gasteiger charge is 2.27. The molecule has 0 atom stereocenters. The van der Waals surface area contributed by atoms with E-state index in [2.05, 4.69) is 10.3 Å². The van der Waals surface area contributed by atoms with Crippen LogP contribution < -0.4 is 10.2 Å². The van der Waals surface area contributed by atoms with Gasteiger partial charge in [0.15, 0.2) is 5.96 Å². The number of hydrogen-bond acceptors (Lipinski definition) is 2. The predicted octanol–water partition coefficient (Wildman–Crippen LogP) is 2.61. The molecule has 1 N–H and O–H groups in total. The molecule has 1 fully saturated rings. The summed E-state index contributed by atoms with van der Waals surface area (Å²) in [6, 6.07) is 3.28. The maximum atomic E-state index is 13.8. The van der Waals surface area contributed by atoms with E-state index in [4.69, 9.17) is 0 Å². The van der Waals surface area contributed by atoms with E-state index in [0.717, 1.165) is 18.2 Å². The molecule has 1 aliphatic rings. The van der Waals surface area contributed by atoms with E-state index in [1.165, 1.54) is 7.05 Å². The number of anilines is 1. The molecular formula is C15H19F5N4. The molecule has 0 radical (unpaired) electrons. The van der Waals surface area contributed by atoms with Crippen molar-refractivity contribution in [1.82, 2.24) is 10.2 Å². The molecule has 1 aromatic carbocycles. The van der Waals surface area contributed by atoms with Crippen LogP contribution in [0.4, 0.5) is 27.6 Å². The Hall–Kier alpha value is -2.06. The Morgan fingerprint density at radius 1 is 1.17 bits per heavy atom. The molecule has 1 aliphatic heterocycles. The summed E-state index contributed by atoms with van der Waals surface area (Å²) in [6.45, 7) is 1.47. The Balaban J connectivity index is 1.90. The van der Waals surface area contributed by atoms with Crippen LogP contribution in [0.3, 0.4) is 0 Å². The van der Waals surface area contributed by atoms with Crippen LogP contribution in [0.15, 0.2) is 23.2 Å². The Morgan fingerprint density at radius 2 is 1.83 bits per heavy atom. The molecule has 24 heavy (non-hydrogen) atoms. The largest absolute Gasteiger partial charge is 0.390 e. The third kappa shape index (κ3) is 4.97. The minimum Gasteiger partial charge on any atom is -0.366 e. The Bertz CT molecular complexity index is 580. The van der Waals surface area contributed by atoms with Crippen molar-refractivity contribution < 1.29 is 22.0 Å². The average molecular weight is 350 g/mol. The molecule has 0 bridgehead atoms. The number of rotatable bonds is 3. The molecule has 2 rings (SSSR count). The SMILES string of the molecule is CN=C(NCCC(F)(F)F)N1CCN(c2cc(F)ccc2F)CC1. The van der Waals surface area contributed by atoms with Gasteiger partial charge in [-0.15, -0.1) is 0 Å². The monoisotopic (exact) mass is 350 g/mol. The van der Waals surface area contributed by atoms with Gasteiger partial charge in [-0.05, 0) is 12.1 Å². The van der Waals surface area contributed by atoms with Crippen molar-refractivity contribution in [1.29, 1.82) is 0 Å². The van der Waals surface area contributed by atoms with Crippen LogP contribution in [-0.4, -0.2) is 56.8 Å². The normalized spacial score (nSPS) is 16.5. The second-order valence-electron chi connectivity index (χ2n) is 5.41. The molecule has 1 saturated heterocycles. The number of aliphatic imine (C=N–C) groups is 1. The van der Waals surface area contributed by atoms with Crippen molar-refractivity contribution in [3.05, 3.63) is 29.8 Å². The lowest BCUT2D eigenvalue weighted by Crippen LogP contribution is -2.53. The summed E-state index contributed by atoms with van der Waals surface area (Å²) in [4.78, 5) is 7.47. The van der Waals surface area contributed by atoms with E-state index in [1.54, 1.807) is 9.80 Å². The number of alkyl halides is 3. The quantitative estimate of drug-likeness (QED) is 0.517. The fraction of sp³-hybridized carbons (Fsp3) is 0.533. The lowest BCUT2D eigenvalue weighted by molar-refractivity contribution is -0.132. The van der Waals surface area contributed by atoms with Gasteiger partial charge in [0.05, 0.1) is 12.1 Å². The van der Waals surface area contributed by atoms with Crippen molar-refractivity contribution in [2.45, 2.75) is 12.6 Å². The molecule has 4 nitrogen and oxygen atoms in total. The van der Waals surface area contributed by atoms with Crippen LogP contribution in [0, 0.1) is 11.6 Å². The van der Waals surface area contributed by atoms with Gasteiger partial charge in [0.25, 0.3) is 0 Å². The zero-order valence-electron chi connectivity index (χ0n) is 13.2. The molecule has 134 valence electrons. The van der Waals surface area contributed by atoms with Crippen molar-refractivity contribution in [3.8, 4) is 0 Å². The standard InChI is InChI=1S/C15H19F5N4/c1-21-14(22-5-4-15(18,19)20)24-8-6-23(7-9-24)13-10-11(16)2-3-12(13)17/h2-3,10H,4-9H2,1H3,(H,21,22). The first-order chi connectivity index (χ1) is 11.3. The van der Waals surface area contributed by atoms with E-state index < -0.39 is 24.2 Å². The third-order valence-electron chi connectivity index (χ3n) is 3.73. The van der Waals surface area contributed by atoms with Gasteiger partial charge in [0.2, 0.25) is 0 Å². The van der Waals surface area contributed by atoms with Gasteiger partial charge in [-0.25, -0.2) is 8.78 Å². The van der Waals surface area contributed by atoms with E-state index in [1.807, 2.05) is 0 Å². The summed E-state index contributed by atoms with van der Waals surface area (Å²) >= 11 is 0. The summed E-state index contributed by atoms with van der Waals surface area (Å²) in [5.74, 6) is -0.644. The van der Waals surface area contributed by atoms with Gasteiger partial charge in [0.1, 0.15) is 11.6 Å². The summed E-state index contributed by atoms with van der Waals surface area (Å²) in [7, 11) is 1.49. The van der Waals surface area contributed by atoms with E-state index in [-0.39, 0.29) is 12.2 Å². The zero-order chi connectivity index (χ0) is 17.7. The lowest BCUT2D eigenvalue weighted by atomic mass is 10.2. The molecule has 0 amide bonds. The molecule has 1 aromatic rings. The van der Waals surface area contributed by atoms with Gasteiger partial charge in [0, 0.05) is 45.8 Å². The number of halogens is 5. The smallest absolute Gasteiger partial charge is 0.366 e. The number of benzene rings is 1. The van der Waals surface area contributed by atoms with E-state index in [0.29, 0.717) is 32.1 Å². The summed E-state index contributed by atoms with van der Waals surface area (Å²) in [5, 5.41) is 2.67. The van der Waals surface area contributed by atoms with Gasteiger partial charge in [-0.2, -0.15) is 13.2 Å². The molecule has 0 aliphatic carbocycles. The van der Waals surface area contributed by atoms with E-state index >= 15 is 0 Å². The number of guanidine groups is 1. The highest BCUT2D eigenvalue weighted by atomic mass is 19.4. The fourth-order valence-corrected chi connectivity index (χ4v) is 2.54. The number of hydrogen-bond donors (Lipinski definition) is 1. The lowest BCUT2D eigenvalue weighted by Gasteiger charge is -2.37. The fourth-order valence-electron chi connectivity index (χ4n) is 2.54. The van der Waals surface area contributed by atoms with Gasteiger partial charge in [-0.3, -0.25) is 4.99 Å². The number of nitrogens with zero attached hydrogens (tertiary/aromatic N) is 3. The minimum atomic E-state index is -4.22. The van der Waals surface area contributed by atoms with Crippen LogP contribution in [0.5, 0.6) is 0 Å². The maximum Gasteiger partial charge on any atom is 0.390 e. The second kappa shape index (κ2) is 7.67. The van der Waals surface area contributed by atoms with Crippen LogP contribution in [0.25, 0.3) is 0 Å². The number of piperazine rings is 1. The summed E-state index contributed by atoms with van der Waals surface area (Å²) in [6.07, 6.45) is -5.17. The first-order valence-electron chi connectivity index (χ1n) is 7.52. The van der Waals surface area contributed by atoms with Gasteiger partial charge >= 0.3 is 6.18 Å². The molecular weight excluding hydrogens is 331 g/mol. The zero-order valence-corrected chi connectivity index (χ0v) is 13.2. The highest BCUT2D eigenvalue weighted by molar-refractivity contribution is 5.80. The summed E-state index contributed by atoms with van der Waals surface area (Å²) in [5.41, 5.74) is 0.190. The Morgan fingerprint density at radius 3 is 2.42 bits per heavy atom. The number of nitrogens with one attached hydrogen (secondary N) is 1. The molecule has 0 saturated carbocycles. The summed E-state index contributed by atoms with van der Waals surface area (Å²) < 4.78 is 63.6. The molecule has 9 heteroatoms. The molecule has 1 heterocycles. The van der Waals surface area contributed by atoms with Crippen molar-refractivity contribution in [3.63, 3.8) is 0 Å². The molecule has 0 aromatic heterocycles. The van der Waals surface area contributed by atoms with Crippen molar-refractivity contribution in [2.24, 2.45) is 4.99 Å². The predicted molar refractivity (Wildman–Crippen MR) is 82.2 cm³/mol. The average Bonchev–Trinajstić information content (AvgIpc) is 2.53. The topological polar surface area (TPSA) is 30.9 Å². The first kappa shape index (κ1) is 18.3. The molecule has 0 spiro atoms. The van der Waals surface area contributed by atoms with Gasteiger partial charge in [-0.1, -0.05) is 0 Å². The van der Waals surface area contributed by atoms with Crippen LogP contribution in [-0.2, 0) is 0 Å². The second-order valence-corrected chi connectivity index (χ2v) is 5.41. The maximum absolute atomic E-state index is 13.8. The third-order valence-corrected chi connectivity index (χ3v) is 3.73. The minimum absolute atomic E-state index is 0.190.